The van der Waals surface area contributed by atoms with E-state index in [0.717, 1.165) is 32.4 Å². The third-order valence-corrected chi connectivity index (χ3v) is 6.25. The van der Waals surface area contributed by atoms with Crippen molar-refractivity contribution >= 4 is 5.91 Å². The molecule has 0 radical (unpaired) electrons. The van der Waals surface area contributed by atoms with E-state index in [4.69, 9.17) is 4.74 Å². The molecule has 4 heteroatoms. The Bertz CT molecular complexity index is 393. The lowest BCUT2D eigenvalue weighted by Crippen LogP contribution is -2.66. The van der Waals surface area contributed by atoms with E-state index in [1.54, 1.807) is 0 Å². The van der Waals surface area contributed by atoms with Gasteiger partial charge in [0, 0.05) is 30.0 Å². The van der Waals surface area contributed by atoms with Crippen LogP contribution < -0.4 is 10.6 Å². The van der Waals surface area contributed by atoms with E-state index >= 15 is 0 Å². The number of piperidine rings is 1. The van der Waals surface area contributed by atoms with Gasteiger partial charge in [0.05, 0.1) is 6.10 Å². The van der Waals surface area contributed by atoms with Gasteiger partial charge in [-0.05, 0) is 52.5 Å². The van der Waals surface area contributed by atoms with E-state index < -0.39 is 0 Å². The standard InChI is InChI=1S/C18H32N2O2/c1-3-22-16-12-15(18(16)8-5-4-6-9-18)20-17(21)14-7-10-19-13(2)11-14/h13-16,19H,3-12H2,1-2H3,(H,20,21)/t13-,14-,15?,16?/m0/s1. The highest BCUT2D eigenvalue weighted by atomic mass is 16.5. The largest absolute Gasteiger partial charge is 0.378 e. The Morgan fingerprint density at radius 2 is 2.05 bits per heavy atom. The van der Waals surface area contributed by atoms with E-state index in [1.807, 2.05) is 0 Å². The van der Waals surface area contributed by atoms with Gasteiger partial charge in [0.25, 0.3) is 0 Å². The van der Waals surface area contributed by atoms with Crippen molar-refractivity contribution in [3.63, 3.8) is 0 Å². The average molecular weight is 308 g/mol. The van der Waals surface area contributed by atoms with E-state index in [0.29, 0.717) is 24.1 Å². The van der Waals surface area contributed by atoms with Crippen molar-refractivity contribution in [1.29, 1.82) is 0 Å². The van der Waals surface area contributed by atoms with E-state index in [9.17, 15) is 4.79 Å². The Hall–Kier alpha value is -0.610. The molecule has 1 heterocycles. The van der Waals surface area contributed by atoms with Gasteiger partial charge in [-0.25, -0.2) is 0 Å². The molecule has 3 fully saturated rings. The fourth-order valence-electron chi connectivity index (χ4n) is 4.93. The fraction of sp³-hybridized carbons (Fsp3) is 0.944. The number of hydrogen-bond acceptors (Lipinski definition) is 3. The van der Waals surface area contributed by atoms with E-state index in [1.165, 1.54) is 32.1 Å². The molecule has 4 atom stereocenters. The topological polar surface area (TPSA) is 50.4 Å². The van der Waals surface area contributed by atoms with Crippen LogP contribution in [0.5, 0.6) is 0 Å². The Kier molecular flexibility index (Phi) is 5.08. The summed E-state index contributed by atoms with van der Waals surface area (Å²) >= 11 is 0. The molecule has 2 unspecified atom stereocenters. The van der Waals surface area contributed by atoms with Crippen molar-refractivity contribution in [2.75, 3.05) is 13.2 Å². The zero-order valence-corrected chi connectivity index (χ0v) is 14.2. The molecule has 2 saturated carbocycles. The first-order valence-corrected chi connectivity index (χ1v) is 9.31. The number of nitrogens with one attached hydrogen (secondary N) is 2. The maximum atomic E-state index is 12.7. The van der Waals surface area contributed by atoms with Crippen LogP contribution in [0, 0.1) is 11.3 Å². The lowest BCUT2D eigenvalue weighted by Gasteiger charge is -2.57. The maximum absolute atomic E-state index is 12.7. The summed E-state index contributed by atoms with van der Waals surface area (Å²) in [6.45, 7) is 6.02. The fourth-order valence-corrected chi connectivity index (χ4v) is 4.93. The third-order valence-electron chi connectivity index (χ3n) is 6.25. The van der Waals surface area contributed by atoms with Crippen LogP contribution in [0.1, 0.15) is 65.2 Å². The van der Waals surface area contributed by atoms with Gasteiger partial charge >= 0.3 is 0 Å². The summed E-state index contributed by atoms with van der Waals surface area (Å²) in [5.74, 6) is 0.487. The smallest absolute Gasteiger partial charge is 0.223 e. The monoisotopic (exact) mass is 308 g/mol. The highest BCUT2D eigenvalue weighted by Crippen LogP contribution is 2.53. The van der Waals surface area contributed by atoms with E-state index in [-0.39, 0.29) is 11.3 Å². The third kappa shape index (κ3) is 3.05. The lowest BCUT2D eigenvalue weighted by molar-refractivity contribution is -0.159. The molecule has 0 aromatic rings. The minimum Gasteiger partial charge on any atom is -0.378 e. The summed E-state index contributed by atoms with van der Waals surface area (Å²) in [7, 11) is 0. The molecule has 3 rings (SSSR count). The van der Waals surface area contributed by atoms with Gasteiger partial charge in [-0.1, -0.05) is 19.3 Å². The first kappa shape index (κ1) is 16.3. The van der Waals surface area contributed by atoms with Crippen LogP contribution in [-0.2, 0) is 9.53 Å². The number of ether oxygens (including phenoxy) is 1. The molecule has 0 bridgehead atoms. The summed E-state index contributed by atoms with van der Waals surface area (Å²) in [5.41, 5.74) is 0.239. The number of carbonyl (C=O) groups is 1. The van der Waals surface area contributed by atoms with Crippen LogP contribution >= 0.6 is 0 Å². The predicted molar refractivity (Wildman–Crippen MR) is 87.7 cm³/mol. The highest BCUT2D eigenvalue weighted by molar-refractivity contribution is 5.79. The summed E-state index contributed by atoms with van der Waals surface area (Å²) in [5, 5.41) is 6.84. The summed E-state index contributed by atoms with van der Waals surface area (Å²) in [6, 6.07) is 0.813. The zero-order chi connectivity index (χ0) is 15.6. The first-order chi connectivity index (χ1) is 10.7. The van der Waals surface area contributed by atoms with Crippen molar-refractivity contribution in [1.82, 2.24) is 10.6 Å². The quantitative estimate of drug-likeness (QED) is 0.839. The van der Waals surface area contributed by atoms with Crippen molar-refractivity contribution in [3.8, 4) is 0 Å². The molecule has 1 aliphatic heterocycles. The van der Waals surface area contributed by atoms with Crippen LogP contribution in [0.25, 0.3) is 0 Å². The predicted octanol–water partition coefficient (Wildman–Crippen LogP) is 2.62. The minimum absolute atomic E-state index is 0.197. The molecule has 1 saturated heterocycles. The minimum atomic E-state index is 0.197. The second-order valence-corrected chi connectivity index (χ2v) is 7.61. The Morgan fingerprint density at radius 1 is 1.27 bits per heavy atom. The molecule has 2 N–H and O–H groups in total. The number of rotatable bonds is 4. The van der Waals surface area contributed by atoms with Crippen LogP contribution in [0.15, 0.2) is 0 Å². The van der Waals surface area contributed by atoms with Gasteiger partial charge < -0.3 is 15.4 Å². The van der Waals surface area contributed by atoms with Crippen LogP contribution in [0.3, 0.4) is 0 Å². The molecule has 3 aliphatic rings. The summed E-state index contributed by atoms with van der Waals surface area (Å²) in [6.07, 6.45) is 9.71. The summed E-state index contributed by atoms with van der Waals surface area (Å²) in [4.78, 5) is 12.7. The van der Waals surface area contributed by atoms with Crippen molar-refractivity contribution in [3.05, 3.63) is 0 Å². The number of hydrogen-bond donors (Lipinski definition) is 2. The molecule has 0 aromatic carbocycles. The summed E-state index contributed by atoms with van der Waals surface area (Å²) < 4.78 is 5.98. The van der Waals surface area contributed by atoms with E-state index in [2.05, 4.69) is 24.5 Å². The second kappa shape index (κ2) is 6.88. The molecule has 4 nitrogen and oxygen atoms in total. The Morgan fingerprint density at radius 3 is 2.73 bits per heavy atom. The second-order valence-electron chi connectivity index (χ2n) is 7.61. The average Bonchev–Trinajstić information content (AvgIpc) is 2.54. The van der Waals surface area contributed by atoms with Crippen molar-refractivity contribution < 1.29 is 9.53 Å². The van der Waals surface area contributed by atoms with Gasteiger partial charge in [0.1, 0.15) is 0 Å². The molecule has 126 valence electrons. The SMILES string of the molecule is CCOC1CC(NC(=O)[C@H]2CCN[C@@H](C)C2)C12CCCCC2. The lowest BCUT2D eigenvalue weighted by atomic mass is 9.55. The molecular formula is C18H32N2O2. The van der Waals surface area contributed by atoms with Crippen molar-refractivity contribution in [2.45, 2.75) is 83.4 Å². The normalized spacial score (nSPS) is 37.5. The Labute approximate surface area is 134 Å². The molecule has 1 spiro atoms. The van der Waals surface area contributed by atoms with Crippen LogP contribution in [0.2, 0.25) is 0 Å². The van der Waals surface area contributed by atoms with Gasteiger partial charge in [-0.15, -0.1) is 0 Å². The molecule has 0 aromatic heterocycles. The molecular weight excluding hydrogens is 276 g/mol. The van der Waals surface area contributed by atoms with Gasteiger partial charge in [-0.3, -0.25) is 4.79 Å². The molecule has 22 heavy (non-hydrogen) atoms. The number of amides is 1. The van der Waals surface area contributed by atoms with Gasteiger partial charge in [0.15, 0.2) is 0 Å². The van der Waals surface area contributed by atoms with Gasteiger partial charge in [-0.2, -0.15) is 0 Å². The first-order valence-electron chi connectivity index (χ1n) is 9.31. The van der Waals surface area contributed by atoms with Gasteiger partial charge in [0.2, 0.25) is 5.91 Å². The molecule has 2 aliphatic carbocycles. The van der Waals surface area contributed by atoms with Crippen LogP contribution in [0.4, 0.5) is 0 Å². The van der Waals surface area contributed by atoms with Crippen LogP contribution in [-0.4, -0.2) is 37.2 Å². The molecule has 1 amide bonds. The Balaban J connectivity index is 1.60. The van der Waals surface area contributed by atoms with Crippen molar-refractivity contribution in [2.24, 2.45) is 11.3 Å². The number of carbonyl (C=O) groups excluding carboxylic acids is 1. The maximum Gasteiger partial charge on any atom is 0.223 e. The highest BCUT2D eigenvalue weighted by Gasteiger charge is 2.56. The zero-order valence-electron chi connectivity index (χ0n) is 14.2.